The fourth-order valence-corrected chi connectivity index (χ4v) is 11.7. The van der Waals surface area contributed by atoms with E-state index in [0.29, 0.717) is 36.7 Å². The third kappa shape index (κ3) is 16.2. The van der Waals surface area contributed by atoms with Gasteiger partial charge >= 0.3 is 7.12 Å². The molecule has 1 saturated heterocycles. The van der Waals surface area contributed by atoms with Crippen LogP contribution in [0.5, 0.6) is 0 Å². The smallest absolute Gasteiger partial charge is 0.405 e. The van der Waals surface area contributed by atoms with Gasteiger partial charge in [0.2, 0.25) is 11.8 Å². The Morgan fingerprint density at radius 2 is 1.42 bits per heavy atom. The highest BCUT2D eigenvalue weighted by atomic mass is 16.7. The van der Waals surface area contributed by atoms with Crippen LogP contribution in [0.1, 0.15) is 195 Å². The maximum absolute atomic E-state index is 14.3. The number of aliphatic hydroxyl groups is 1. The number of benzene rings is 2. The molecule has 3 saturated carbocycles. The van der Waals surface area contributed by atoms with E-state index in [-0.39, 0.29) is 73.5 Å². The normalized spacial score (nSPS) is 22.5. The Morgan fingerprint density at radius 3 is 2.01 bits per heavy atom. The zero-order valence-electron chi connectivity index (χ0n) is 46.6. The number of Topliss-reactive ketones (excluding diaryl/α,β-unsaturated/α-hetero) is 4. The van der Waals surface area contributed by atoms with Crippen molar-refractivity contribution in [1.82, 2.24) is 10.6 Å². The van der Waals surface area contributed by atoms with Crippen LogP contribution in [0.3, 0.4) is 0 Å². The number of aryl methyl sites for hydroxylation is 1. The van der Waals surface area contributed by atoms with E-state index in [1.165, 1.54) is 5.56 Å². The molecule has 0 spiro atoms. The monoisotopic (exact) mass is 1010 g/mol. The highest BCUT2D eigenvalue weighted by molar-refractivity contribution is 6.48. The SMILES string of the molecule is CCCCC[C@H](CC(=O)CCCC(=O)c1ccc(-c2ccc(CCCC)cc2)cc1)C(=O)N[C@H](C(=O)C[C@@H](C)C(=O)N[C@@H](CC(C)C)C(=O)C[C@@H](CO)B1OC2C[C@@H]3C[C@@H](C3(C)C)[C@]2(C)O1)C(C)OC(C)(C)C. The molecule has 1 heterocycles. The van der Waals surface area contributed by atoms with Crippen LogP contribution < -0.4 is 10.6 Å². The predicted octanol–water partition coefficient (Wildman–Crippen LogP) is 11.1. The molecule has 0 radical (unpaired) electrons. The van der Waals surface area contributed by atoms with Gasteiger partial charge in [0, 0.05) is 61.9 Å². The summed E-state index contributed by atoms with van der Waals surface area (Å²) in [6.45, 7) is 23.5. The minimum atomic E-state index is -1.12. The van der Waals surface area contributed by atoms with Crippen molar-refractivity contribution in [3.63, 3.8) is 0 Å². The number of hydrogen-bond acceptors (Lipinski definition) is 10. The second-order valence-corrected chi connectivity index (χ2v) is 24.2. The number of unbranched alkanes of at least 4 members (excludes halogenated alkanes) is 3. The molecular weight excluding hydrogens is 919 g/mol. The topological polar surface area (TPSA) is 174 Å². The Kier molecular flexibility index (Phi) is 21.8. The Hall–Kier alpha value is -4.04. The van der Waals surface area contributed by atoms with E-state index in [2.05, 4.69) is 69.5 Å². The van der Waals surface area contributed by atoms with E-state index in [1.807, 2.05) is 58.9 Å². The van der Waals surface area contributed by atoms with Crippen molar-refractivity contribution in [2.45, 2.75) is 227 Å². The minimum absolute atomic E-state index is 0.0235. The molecular formula is C60H91BN2O10. The number of carbonyl (C=O) groups excluding carboxylic acids is 6. The Balaban J connectivity index is 1.18. The van der Waals surface area contributed by atoms with E-state index >= 15 is 0 Å². The number of nitrogens with one attached hydrogen (secondary N) is 2. The minimum Gasteiger partial charge on any atom is -0.405 e. The van der Waals surface area contributed by atoms with Gasteiger partial charge in [-0.1, -0.05) is 123 Å². The summed E-state index contributed by atoms with van der Waals surface area (Å²) in [6.07, 6.45) is 8.18. The molecule has 2 amide bonds. The Bertz CT molecular complexity index is 2170. The van der Waals surface area contributed by atoms with Gasteiger partial charge in [0.25, 0.3) is 0 Å². The van der Waals surface area contributed by atoms with Crippen LogP contribution in [-0.2, 0) is 44.4 Å². The molecule has 1 aliphatic heterocycles. The summed E-state index contributed by atoms with van der Waals surface area (Å²) in [4.78, 5) is 83.3. The summed E-state index contributed by atoms with van der Waals surface area (Å²) in [5.41, 5.74) is 3.01. The van der Waals surface area contributed by atoms with Gasteiger partial charge in [-0.3, -0.25) is 28.8 Å². The molecule has 2 bridgehead atoms. The summed E-state index contributed by atoms with van der Waals surface area (Å²) in [7, 11) is -0.741. The van der Waals surface area contributed by atoms with Crippen molar-refractivity contribution in [1.29, 1.82) is 0 Å². The van der Waals surface area contributed by atoms with Gasteiger partial charge in [-0.2, -0.15) is 0 Å². The number of rotatable bonds is 31. The summed E-state index contributed by atoms with van der Waals surface area (Å²) in [5, 5.41) is 16.5. The van der Waals surface area contributed by atoms with E-state index in [4.69, 9.17) is 14.0 Å². The molecule has 4 fully saturated rings. The van der Waals surface area contributed by atoms with Crippen molar-refractivity contribution in [3.8, 4) is 11.1 Å². The van der Waals surface area contributed by atoms with E-state index in [9.17, 15) is 33.9 Å². The number of aliphatic hydroxyl groups excluding tert-OH is 1. The summed E-state index contributed by atoms with van der Waals surface area (Å²) in [5.74, 6) is -2.96. The maximum atomic E-state index is 14.3. The first-order chi connectivity index (χ1) is 34.4. The van der Waals surface area contributed by atoms with Gasteiger partial charge in [0.05, 0.1) is 29.5 Å². The van der Waals surface area contributed by atoms with Crippen LogP contribution in [0.2, 0.25) is 5.82 Å². The van der Waals surface area contributed by atoms with Crippen molar-refractivity contribution in [2.24, 2.45) is 35.0 Å². The Morgan fingerprint density at radius 1 is 0.781 bits per heavy atom. The van der Waals surface area contributed by atoms with Gasteiger partial charge in [-0.25, -0.2) is 0 Å². The number of ketones is 4. The average molecular weight is 1010 g/mol. The van der Waals surface area contributed by atoms with Crippen LogP contribution in [-0.4, -0.2) is 89.3 Å². The second kappa shape index (κ2) is 26.6. The maximum Gasteiger partial charge on any atom is 0.463 e. The first-order valence-electron chi connectivity index (χ1n) is 27.9. The standard InChI is InChI=1S/C60H91BN2O10/c1-13-15-17-20-45(33-48(65)21-18-22-50(66)44-29-27-43(28-30-44)42-25-23-41(24-26-42)19-16-14-2)57(70)63-55(40(6)71-58(7,8)9)52(68)32-39(5)56(69)62-49(31-38(3)4)51(67)36-47(37-64)61-72-54-35-46-34-53(59(46,10)11)60(54,12)73-61/h23-30,38-40,45-47,49,53-55,64H,13-22,31-37H2,1-12H3,(H,62,69)(H,63,70)/t39-,40?,45-,46+,47+,49+,53+,54?,55+,60+/m1/s1. The third-order valence-electron chi connectivity index (χ3n) is 16.2. The predicted molar refractivity (Wildman–Crippen MR) is 289 cm³/mol. The van der Waals surface area contributed by atoms with E-state index in [1.54, 1.807) is 13.8 Å². The lowest BCUT2D eigenvalue weighted by molar-refractivity contribution is -0.199. The zero-order chi connectivity index (χ0) is 53.8. The molecule has 2 aromatic rings. The average Bonchev–Trinajstić information content (AvgIpc) is 3.70. The summed E-state index contributed by atoms with van der Waals surface area (Å²) >= 11 is 0. The highest BCUT2D eigenvalue weighted by Gasteiger charge is 2.68. The number of carbonyl (C=O) groups is 6. The zero-order valence-corrected chi connectivity index (χ0v) is 46.6. The molecule has 73 heavy (non-hydrogen) atoms. The molecule has 6 rings (SSSR count). The molecule has 2 unspecified atom stereocenters. The molecule has 2 aromatic carbocycles. The molecule has 404 valence electrons. The molecule has 3 N–H and O–H groups in total. The van der Waals surface area contributed by atoms with Gasteiger partial charge in [0.1, 0.15) is 11.8 Å². The van der Waals surface area contributed by atoms with Gasteiger partial charge in [-0.15, -0.1) is 0 Å². The van der Waals surface area contributed by atoms with E-state index < -0.39 is 71.8 Å². The van der Waals surface area contributed by atoms with Gasteiger partial charge < -0.3 is 29.8 Å². The van der Waals surface area contributed by atoms with E-state index in [0.717, 1.165) is 62.5 Å². The fraction of sp³-hybridized carbons (Fsp3) is 0.700. The van der Waals surface area contributed by atoms with Crippen LogP contribution in [0.15, 0.2) is 48.5 Å². The van der Waals surface area contributed by atoms with Crippen molar-refractivity contribution < 1.29 is 47.9 Å². The second-order valence-electron chi connectivity index (χ2n) is 24.2. The molecule has 13 heteroatoms. The quantitative estimate of drug-likeness (QED) is 0.0375. The van der Waals surface area contributed by atoms with Crippen LogP contribution in [0, 0.1) is 35.0 Å². The first-order valence-corrected chi connectivity index (χ1v) is 27.9. The molecule has 12 nitrogen and oxygen atoms in total. The lowest BCUT2D eigenvalue weighted by Crippen LogP contribution is -2.65. The highest BCUT2D eigenvalue weighted by Crippen LogP contribution is 2.66. The summed E-state index contributed by atoms with van der Waals surface area (Å²) in [6, 6.07) is 14.1. The number of hydrogen-bond donors (Lipinski definition) is 3. The summed E-state index contributed by atoms with van der Waals surface area (Å²) < 4.78 is 19.3. The van der Waals surface area contributed by atoms with Crippen LogP contribution in [0.25, 0.3) is 11.1 Å². The lowest BCUT2D eigenvalue weighted by Gasteiger charge is -2.64. The van der Waals surface area contributed by atoms with Crippen molar-refractivity contribution >= 4 is 42.1 Å². The molecule has 4 aliphatic rings. The number of amides is 2. The fourth-order valence-electron chi connectivity index (χ4n) is 11.7. The van der Waals surface area contributed by atoms with Crippen LogP contribution >= 0.6 is 0 Å². The van der Waals surface area contributed by atoms with Crippen molar-refractivity contribution in [3.05, 3.63) is 59.7 Å². The molecule has 10 atom stereocenters. The first kappa shape index (κ1) is 59.8. The third-order valence-corrected chi connectivity index (χ3v) is 16.2. The lowest BCUT2D eigenvalue weighted by atomic mass is 9.43. The van der Waals surface area contributed by atoms with Crippen molar-refractivity contribution in [2.75, 3.05) is 6.61 Å². The number of ether oxygens (including phenoxy) is 1. The van der Waals surface area contributed by atoms with Gasteiger partial charge in [0.15, 0.2) is 17.3 Å². The Labute approximate surface area is 438 Å². The molecule has 0 aromatic heterocycles. The van der Waals surface area contributed by atoms with Crippen LogP contribution in [0.4, 0.5) is 0 Å². The van der Waals surface area contributed by atoms with Gasteiger partial charge in [-0.05, 0) is 119 Å². The molecule has 3 aliphatic carbocycles. The largest absolute Gasteiger partial charge is 0.463 e.